The van der Waals surface area contributed by atoms with Gasteiger partial charge in [0.05, 0.1) is 0 Å². The lowest BCUT2D eigenvalue weighted by molar-refractivity contribution is 0.292. The van der Waals surface area contributed by atoms with Crippen LogP contribution in [-0.4, -0.2) is 12.1 Å². The minimum atomic E-state index is 0.722. The van der Waals surface area contributed by atoms with Crippen LogP contribution in [-0.2, 0) is 0 Å². The van der Waals surface area contributed by atoms with E-state index in [1.807, 2.05) is 0 Å². The summed E-state index contributed by atoms with van der Waals surface area (Å²) in [5, 5.41) is 3.65. The summed E-state index contributed by atoms with van der Waals surface area (Å²) in [5.41, 5.74) is 0. The highest BCUT2D eigenvalue weighted by atomic mass is 15.0. The van der Waals surface area contributed by atoms with E-state index in [4.69, 9.17) is 0 Å². The molecule has 1 rings (SSSR count). The van der Waals surface area contributed by atoms with Crippen molar-refractivity contribution >= 4 is 0 Å². The Hall–Kier alpha value is -0.0400. The largest absolute Gasteiger partial charge is 0.311 e. The number of hydrogen-bond donors (Lipinski definition) is 1. The predicted octanol–water partition coefficient (Wildman–Crippen LogP) is 2.56. The SMILES string of the molecule is CC(C)C[C@H](C)NC1CCC1. The monoisotopic (exact) mass is 155 g/mol. The van der Waals surface area contributed by atoms with Gasteiger partial charge in [0.1, 0.15) is 0 Å². The van der Waals surface area contributed by atoms with Gasteiger partial charge in [-0.05, 0) is 32.1 Å². The fourth-order valence-corrected chi connectivity index (χ4v) is 1.75. The molecule has 1 aliphatic carbocycles. The van der Waals surface area contributed by atoms with Crippen molar-refractivity contribution in [1.29, 1.82) is 0 Å². The zero-order valence-electron chi connectivity index (χ0n) is 8.06. The summed E-state index contributed by atoms with van der Waals surface area (Å²) in [7, 11) is 0. The van der Waals surface area contributed by atoms with Gasteiger partial charge in [0.25, 0.3) is 0 Å². The van der Waals surface area contributed by atoms with Crippen molar-refractivity contribution in [1.82, 2.24) is 5.32 Å². The van der Waals surface area contributed by atoms with E-state index in [0.717, 1.165) is 18.0 Å². The van der Waals surface area contributed by atoms with Crippen LogP contribution < -0.4 is 5.32 Å². The quantitative estimate of drug-likeness (QED) is 0.658. The van der Waals surface area contributed by atoms with Crippen LogP contribution >= 0.6 is 0 Å². The molecular formula is C10H21N. The van der Waals surface area contributed by atoms with Gasteiger partial charge in [-0.25, -0.2) is 0 Å². The minimum Gasteiger partial charge on any atom is -0.311 e. The van der Waals surface area contributed by atoms with Gasteiger partial charge >= 0.3 is 0 Å². The van der Waals surface area contributed by atoms with Crippen LogP contribution in [0.4, 0.5) is 0 Å². The molecule has 1 aliphatic rings. The normalized spacial score (nSPS) is 21.8. The van der Waals surface area contributed by atoms with E-state index in [1.165, 1.54) is 25.7 Å². The standard InChI is InChI=1S/C10H21N/c1-8(2)7-9(3)11-10-5-4-6-10/h8-11H,4-7H2,1-3H3/t9-/m0/s1. The second kappa shape index (κ2) is 4.10. The number of rotatable bonds is 4. The third-order valence-corrected chi connectivity index (χ3v) is 2.45. The fourth-order valence-electron chi connectivity index (χ4n) is 1.75. The third-order valence-electron chi connectivity index (χ3n) is 2.45. The van der Waals surface area contributed by atoms with Crippen LogP contribution in [0.2, 0.25) is 0 Å². The summed E-state index contributed by atoms with van der Waals surface area (Å²) in [6, 6.07) is 1.57. The molecule has 0 bridgehead atoms. The molecule has 0 aliphatic heterocycles. The zero-order valence-corrected chi connectivity index (χ0v) is 8.06. The van der Waals surface area contributed by atoms with Crippen LogP contribution in [0.5, 0.6) is 0 Å². The fraction of sp³-hybridized carbons (Fsp3) is 1.00. The predicted molar refractivity (Wildman–Crippen MR) is 49.7 cm³/mol. The molecule has 1 heteroatoms. The lowest BCUT2D eigenvalue weighted by Crippen LogP contribution is -2.41. The van der Waals surface area contributed by atoms with Crippen molar-refractivity contribution in [2.24, 2.45) is 5.92 Å². The van der Waals surface area contributed by atoms with Crippen LogP contribution in [0, 0.1) is 5.92 Å². The van der Waals surface area contributed by atoms with E-state index in [0.29, 0.717) is 0 Å². The Balaban J connectivity index is 2.04. The minimum absolute atomic E-state index is 0.722. The van der Waals surface area contributed by atoms with E-state index >= 15 is 0 Å². The van der Waals surface area contributed by atoms with Crippen molar-refractivity contribution in [3.05, 3.63) is 0 Å². The van der Waals surface area contributed by atoms with E-state index < -0.39 is 0 Å². The van der Waals surface area contributed by atoms with Crippen molar-refractivity contribution in [3.63, 3.8) is 0 Å². The Bertz CT molecular complexity index is 105. The summed E-state index contributed by atoms with van der Waals surface area (Å²) in [6.07, 6.45) is 5.56. The highest BCUT2D eigenvalue weighted by molar-refractivity contribution is 4.79. The zero-order chi connectivity index (χ0) is 8.27. The molecule has 0 saturated heterocycles. The first-order valence-electron chi connectivity index (χ1n) is 4.94. The van der Waals surface area contributed by atoms with Gasteiger partial charge in [-0.15, -0.1) is 0 Å². The highest BCUT2D eigenvalue weighted by Gasteiger charge is 2.18. The first-order valence-corrected chi connectivity index (χ1v) is 4.94. The molecule has 0 unspecified atom stereocenters. The molecule has 0 aromatic heterocycles. The molecular weight excluding hydrogens is 134 g/mol. The maximum atomic E-state index is 3.65. The molecule has 0 heterocycles. The molecule has 0 radical (unpaired) electrons. The Morgan fingerprint density at radius 2 is 1.91 bits per heavy atom. The average molecular weight is 155 g/mol. The summed E-state index contributed by atoms with van der Waals surface area (Å²) < 4.78 is 0. The van der Waals surface area contributed by atoms with Gasteiger partial charge in [0.2, 0.25) is 0 Å². The summed E-state index contributed by atoms with van der Waals surface area (Å²) in [4.78, 5) is 0. The van der Waals surface area contributed by atoms with Crippen LogP contribution in [0.3, 0.4) is 0 Å². The van der Waals surface area contributed by atoms with Crippen molar-refractivity contribution in [3.8, 4) is 0 Å². The highest BCUT2D eigenvalue weighted by Crippen LogP contribution is 2.19. The van der Waals surface area contributed by atoms with Gasteiger partial charge in [-0.1, -0.05) is 20.3 Å². The lowest BCUT2D eigenvalue weighted by Gasteiger charge is -2.30. The van der Waals surface area contributed by atoms with E-state index in [9.17, 15) is 0 Å². The summed E-state index contributed by atoms with van der Waals surface area (Å²) >= 11 is 0. The first-order chi connectivity index (χ1) is 5.18. The molecule has 1 saturated carbocycles. The van der Waals surface area contributed by atoms with E-state index in [-0.39, 0.29) is 0 Å². The van der Waals surface area contributed by atoms with Crippen molar-refractivity contribution in [2.75, 3.05) is 0 Å². The number of hydrogen-bond acceptors (Lipinski definition) is 1. The molecule has 0 aromatic rings. The first kappa shape index (κ1) is 9.05. The Morgan fingerprint density at radius 3 is 2.27 bits per heavy atom. The van der Waals surface area contributed by atoms with Crippen molar-refractivity contribution < 1.29 is 0 Å². The molecule has 0 spiro atoms. The molecule has 66 valence electrons. The molecule has 1 fully saturated rings. The number of nitrogens with one attached hydrogen (secondary N) is 1. The summed E-state index contributed by atoms with van der Waals surface area (Å²) in [5.74, 6) is 0.831. The summed E-state index contributed by atoms with van der Waals surface area (Å²) in [6.45, 7) is 6.89. The molecule has 1 N–H and O–H groups in total. The van der Waals surface area contributed by atoms with Crippen LogP contribution in [0.1, 0.15) is 46.5 Å². The van der Waals surface area contributed by atoms with Gasteiger partial charge in [0.15, 0.2) is 0 Å². The van der Waals surface area contributed by atoms with E-state index in [1.54, 1.807) is 0 Å². The van der Waals surface area contributed by atoms with Gasteiger partial charge in [-0.3, -0.25) is 0 Å². The Morgan fingerprint density at radius 1 is 1.27 bits per heavy atom. The third kappa shape index (κ3) is 3.24. The molecule has 0 amide bonds. The molecule has 1 nitrogen and oxygen atoms in total. The Labute approximate surface area is 70.6 Å². The molecule has 0 aromatic carbocycles. The smallest absolute Gasteiger partial charge is 0.00695 e. The van der Waals surface area contributed by atoms with Gasteiger partial charge in [-0.2, -0.15) is 0 Å². The van der Waals surface area contributed by atoms with Gasteiger partial charge in [0, 0.05) is 12.1 Å². The lowest BCUT2D eigenvalue weighted by atomic mass is 9.91. The Kier molecular flexibility index (Phi) is 3.38. The van der Waals surface area contributed by atoms with Crippen molar-refractivity contribution in [2.45, 2.75) is 58.5 Å². The van der Waals surface area contributed by atoms with E-state index in [2.05, 4.69) is 26.1 Å². The maximum absolute atomic E-state index is 3.65. The average Bonchev–Trinajstić information content (AvgIpc) is 1.77. The second-order valence-electron chi connectivity index (χ2n) is 4.33. The maximum Gasteiger partial charge on any atom is 0.00695 e. The second-order valence-corrected chi connectivity index (χ2v) is 4.33. The molecule has 1 atom stereocenters. The van der Waals surface area contributed by atoms with Gasteiger partial charge < -0.3 is 5.32 Å². The van der Waals surface area contributed by atoms with Crippen LogP contribution in [0.25, 0.3) is 0 Å². The molecule has 11 heavy (non-hydrogen) atoms. The topological polar surface area (TPSA) is 12.0 Å². The van der Waals surface area contributed by atoms with Crippen LogP contribution in [0.15, 0.2) is 0 Å².